The summed E-state index contributed by atoms with van der Waals surface area (Å²) in [5, 5.41) is 2.95. The van der Waals surface area contributed by atoms with Crippen LogP contribution in [0.25, 0.3) is 6.08 Å². The predicted octanol–water partition coefficient (Wildman–Crippen LogP) is 4.18. The van der Waals surface area contributed by atoms with Gasteiger partial charge in [0, 0.05) is 17.3 Å². The lowest BCUT2D eigenvalue weighted by Gasteiger charge is -2.08. The number of methoxy groups -OCH3 is 1. The second-order valence-electron chi connectivity index (χ2n) is 4.98. The average Bonchev–Trinajstić information content (AvgIpc) is 2.62. The van der Waals surface area contributed by atoms with Crippen molar-refractivity contribution < 1.29 is 19.1 Å². The summed E-state index contributed by atoms with van der Waals surface area (Å²) < 4.78 is 10.2. The van der Waals surface area contributed by atoms with Crippen molar-refractivity contribution in [1.29, 1.82) is 0 Å². The number of hydrogen-bond donors (Lipinski definition) is 1. The number of ether oxygens (including phenoxy) is 2. The van der Waals surface area contributed by atoms with E-state index < -0.39 is 5.97 Å². The van der Waals surface area contributed by atoms with Crippen LogP contribution in [0.2, 0.25) is 5.02 Å². The van der Waals surface area contributed by atoms with Gasteiger partial charge in [-0.05, 0) is 37.3 Å². The topological polar surface area (TPSA) is 64.6 Å². The second-order valence-corrected chi connectivity index (χ2v) is 5.39. The molecule has 1 amide bonds. The molecule has 0 aliphatic rings. The van der Waals surface area contributed by atoms with Crippen LogP contribution in [-0.4, -0.2) is 25.6 Å². The van der Waals surface area contributed by atoms with Gasteiger partial charge >= 0.3 is 5.97 Å². The Bertz CT molecular complexity index is 802. The van der Waals surface area contributed by atoms with E-state index in [9.17, 15) is 9.59 Å². The number of amides is 1. The zero-order chi connectivity index (χ0) is 18.2. The fourth-order valence-electron chi connectivity index (χ4n) is 2.12. The summed E-state index contributed by atoms with van der Waals surface area (Å²) in [6, 6.07) is 12.0. The molecule has 0 saturated carbocycles. The van der Waals surface area contributed by atoms with E-state index in [2.05, 4.69) is 5.32 Å². The van der Waals surface area contributed by atoms with Crippen molar-refractivity contribution >= 4 is 35.2 Å². The van der Waals surface area contributed by atoms with Crippen LogP contribution in [0.1, 0.15) is 22.8 Å². The van der Waals surface area contributed by atoms with Gasteiger partial charge in [-0.3, -0.25) is 4.79 Å². The van der Waals surface area contributed by atoms with Crippen LogP contribution in [0.3, 0.4) is 0 Å². The molecule has 2 aromatic rings. The molecule has 0 spiro atoms. The van der Waals surface area contributed by atoms with E-state index >= 15 is 0 Å². The molecule has 0 radical (unpaired) electrons. The number of esters is 1. The van der Waals surface area contributed by atoms with Crippen molar-refractivity contribution in [2.24, 2.45) is 0 Å². The molecule has 0 unspecified atom stereocenters. The highest BCUT2D eigenvalue weighted by atomic mass is 35.5. The van der Waals surface area contributed by atoms with Gasteiger partial charge < -0.3 is 14.8 Å². The molecule has 130 valence electrons. The number of halogens is 1. The van der Waals surface area contributed by atoms with Crippen LogP contribution in [0.15, 0.2) is 48.5 Å². The Balaban J connectivity index is 2.11. The van der Waals surface area contributed by atoms with E-state index in [4.69, 9.17) is 21.1 Å². The predicted molar refractivity (Wildman–Crippen MR) is 98.1 cm³/mol. The third-order valence-corrected chi connectivity index (χ3v) is 3.61. The molecule has 0 heterocycles. The van der Waals surface area contributed by atoms with Crippen molar-refractivity contribution in [3.8, 4) is 5.75 Å². The van der Waals surface area contributed by atoms with E-state index in [0.29, 0.717) is 11.4 Å². The number of para-hydroxylation sites is 1. The van der Waals surface area contributed by atoms with Crippen molar-refractivity contribution in [3.63, 3.8) is 0 Å². The summed E-state index contributed by atoms with van der Waals surface area (Å²) in [7, 11) is 1.57. The van der Waals surface area contributed by atoms with E-state index in [1.54, 1.807) is 26.2 Å². The van der Waals surface area contributed by atoms with Crippen molar-refractivity contribution in [3.05, 3.63) is 64.7 Å². The zero-order valence-corrected chi connectivity index (χ0v) is 14.7. The summed E-state index contributed by atoms with van der Waals surface area (Å²) in [6.45, 7) is 1.95. The molecule has 0 saturated heterocycles. The van der Waals surface area contributed by atoms with Crippen LogP contribution in [0.4, 0.5) is 5.69 Å². The van der Waals surface area contributed by atoms with Gasteiger partial charge in [0.05, 0.1) is 24.3 Å². The fourth-order valence-corrected chi connectivity index (χ4v) is 2.32. The highest BCUT2D eigenvalue weighted by molar-refractivity contribution is 6.33. The van der Waals surface area contributed by atoms with Crippen LogP contribution in [0.5, 0.6) is 5.75 Å². The maximum absolute atomic E-state index is 12.1. The first-order valence-electron chi connectivity index (χ1n) is 7.64. The van der Waals surface area contributed by atoms with Gasteiger partial charge in [0.2, 0.25) is 5.91 Å². The molecule has 0 fully saturated rings. The number of hydrogen-bond acceptors (Lipinski definition) is 4. The molecule has 25 heavy (non-hydrogen) atoms. The van der Waals surface area contributed by atoms with Crippen LogP contribution in [-0.2, 0) is 9.53 Å². The minimum absolute atomic E-state index is 0.204. The summed E-state index contributed by atoms with van der Waals surface area (Å²) in [4.78, 5) is 23.9. The van der Waals surface area contributed by atoms with Gasteiger partial charge in [-0.25, -0.2) is 4.79 Å². The lowest BCUT2D eigenvalue weighted by molar-refractivity contribution is -0.111. The lowest BCUT2D eigenvalue weighted by Crippen LogP contribution is -2.10. The van der Waals surface area contributed by atoms with E-state index in [0.717, 1.165) is 5.56 Å². The summed E-state index contributed by atoms with van der Waals surface area (Å²) in [5.41, 5.74) is 1.43. The van der Waals surface area contributed by atoms with Crippen LogP contribution >= 0.6 is 11.6 Å². The first-order chi connectivity index (χ1) is 12.0. The summed E-state index contributed by atoms with van der Waals surface area (Å²) in [6.07, 6.45) is 3.03. The average molecular weight is 360 g/mol. The number of nitrogens with one attached hydrogen (secondary N) is 1. The molecular formula is C19H18ClNO4. The largest absolute Gasteiger partial charge is 0.496 e. The fraction of sp³-hybridized carbons (Fsp3) is 0.158. The Morgan fingerprint density at radius 2 is 1.96 bits per heavy atom. The molecule has 6 heteroatoms. The van der Waals surface area contributed by atoms with Crippen LogP contribution < -0.4 is 10.1 Å². The molecule has 1 N–H and O–H groups in total. The van der Waals surface area contributed by atoms with Gasteiger partial charge in [-0.1, -0.05) is 29.8 Å². The molecule has 2 rings (SSSR count). The number of rotatable bonds is 6. The Morgan fingerprint density at radius 3 is 2.68 bits per heavy atom. The van der Waals surface area contributed by atoms with Crippen molar-refractivity contribution in [2.75, 3.05) is 19.0 Å². The highest BCUT2D eigenvalue weighted by Gasteiger charge is 2.12. The lowest BCUT2D eigenvalue weighted by atomic mass is 10.2. The van der Waals surface area contributed by atoms with Gasteiger partial charge in [0.1, 0.15) is 5.75 Å². The molecule has 0 aromatic heterocycles. The minimum Gasteiger partial charge on any atom is -0.496 e. The number of benzene rings is 2. The third-order valence-electron chi connectivity index (χ3n) is 3.28. The Kier molecular flexibility index (Phi) is 6.60. The van der Waals surface area contributed by atoms with Gasteiger partial charge in [-0.2, -0.15) is 0 Å². The normalized spacial score (nSPS) is 10.5. The number of carbonyl (C=O) groups excluding carboxylic acids is 2. The summed E-state index contributed by atoms with van der Waals surface area (Å²) >= 11 is 6.00. The van der Waals surface area contributed by atoms with E-state index in [1.807, 2.05) is 24.3 Å². The molecule has 0 atom stereocenters. The Labute approximate surface area is 151 Å². The molecule has 0 aliphatic carbocycles. The molecule has 2 aromatic carbocycles. The van der Waals surface area contributed by atoms with Gasteiger partial charge in [0.15, 0.2) is 0 Å². The SMILES string of the molecule is CCOC(=O)c1cc(NC(=O)/C=C/c2ccccc2OC)ccc1Cl. The first-order valence-corrected chi connectivity index (χ1v) is 8.01. The van der Waals surface area contributed by atoms with E-state index in [-0.39, 0.29) is 23.1 Å². The maximum Gasteiger partial charge on any atom is 0.339 e. The number of carbonyl (C=O) groups is 2. The van der Waals surface area contributed by atoms with Gasteiger partial charge in [-0.15, -0.1) is 0 Å². The molecule has 0 bridgehead atoms. The first kappa shape index (κ1) is 18.5. The smallest absolute Gasteiger partial charge is 0.339 e. The standard InChI is InChI=1S/C19H18ClNO4/c1-3-25-19(23)15-12-14(9-10-16(15)20)21-18(22)11-8-13-6-4-5-7-17(13)24-2/h4-12H,3H2,1-2H3,(H,21,22)/b11-8+. The Hall–Kier alpha value is -2.79. The second kappa shape index (κ2) is 8.89. The van der Waals surface area contributed by atoms with Crippen molar-refractivity contribution in [2.45, 2.75) is 6.92 Å². The third kappa shape index (κ3) is 5.09. The molecular weight excluding hydrogens is 342 g/mol. The molecule has 5 nitrogen and oxygen atoms in total. The van der Waals surface area contributed by atoms with E-state index in [1.165, 1.54) is 18.2 Å². The maximum atomic E-state index is 12.1. The summed E-state index contributed by atoms with van der Waals surface area (Å²) in [5.74, 6) is -0.209. The minimum atomic E-state index is -0.534. The van der Waals surface area contributed by atoms with Gasteiger partial charge in [0.25, 0.3) is 0 Å². The van der Waals surface area contributed by atoms with Crippen molar-refractivity contribution in [1.82, 2.24) is 0 Å². The monoisotopic (exact) mass is 359 g/mol. The quantitative estimate of drug-likeness (QED) is 0.620. The molecule has 0 aliphatic heterocycles. The highest BCUT2D eigenvalue weighted by Crippen LogP contribution is 2.22. The zero-order valence-electron chi connectivity index (χ0n) is 13.9. The number of anilines is 1. The Morgan fingerprint density at radius 1 is 1.20 bits per heavy atom. The van der Waals surface area contributed by atoms with Crippen LogP contribution in [0, 0.1) is 0 Å².